The molecule has 0 unspecified atom stereocenters. The highest BCUT2D eigenvalue weighted by Gasteiger charge is 2.35. The zero-order chi connectivity index (χ0) is 20.4. The Bertz CT molecular complexity index is 1090. The van der Waals surface area contributed by atoms with E-state index in [1.165, 1.54) is 29.7 Å². The zero-order valence-electron chi connectivity index (χ0n) is 15.5. The summed E-state index contributed by atoms with van der Waals surface area (Å²) in [5, 5.41) is 2.50. The molecular weight excluding hydrogens is 415 g/mol. The first-order valence-corrected chi connectivity index (χ1v) is 11.8. The molecule has 1 aliphatic rings. The van der Waals surface area contributed by atoms with Gasteiger partial charge in [-0.15, -0.1) is 11.3 Å². The second kappa shape index (κ2) is 8.08. The van der Waals surface area contributed by atoms with Gasteiger partial charge in [-0.2, -0.15) is 0 Å². The Labute approximate surface area is 171 Å². The molecule has 152 valence electrons. The van der Waals surface area contributed by atoms with E-state index in [0.717, 1.165) is 5.56 Å². The highest BCUT2D eigenvalue weighted by molar-refractivity contribution is 7.91. The molecule has 3 heterocycles. The summed E-state index contributed by atoms with van der Waals surface area (Å²) in [6.45, 7) is 0.223. The maximum absolute atomic E-state index is 13.1. The van der Waals surface area contributed by atoms with Gasteiger partial charge in [0.15, 0.2) is 9.84 Å². The number of sulfone groups is 1. The molecule has 0 spiro atoms. The summed E-state index contributed by atoms with van der Waals surface area (Å²) >= 11 is 1.38. The smallest absolute Gasteiger partial charge is 0.229 e. The van der Waals surface area contributed by atoms with Gasteiger partial charge in [0.2, 0.25) is 5.91 Å². The lowest BCUT2D eigenvalue weighted by Crippen LogP contribution is -2.41. The average Bonchev–Trinajstić information content (AvgIpc) is 3.42. The number of thiazole rings is 1. The Balaban J connectivity index is 1.51. The van der Waals surface area contributed by atoms with Crippen molar-refractivity contribution in [2.45, 2.75) is 25.4 Å². The molecule has 6 nitrogen and oxygen atoms in total. The van der Waals surface area contributed by atoms with Crippen LogP contribution in [0.2, 0.25) is 0 Å². The van der Waals surface area contributed by atoms with E-state index in [1.54, 1.807) is 34.5 Å². The van der Waals surface area contributed by atoms with Gasteiger partial charge in [0.25, 0.3) is 0 Å². The number of benzene rings is 1. The van der Waals surface area contributed by atoms with Crippen molar-refractivity contribution in [1.29, 1.82) is 0 Å². The fraction of sp³-hybridized carbons (Fsp3) is 0.300. The Kier molecular flexibility index (Phi) is 5.51. The summed E-state index contributed by atoms with van der Waals surface area (Å²) in [6.07, 6.45) is 2.01. The molecule has 0 aliphatic carbocycles. The summed E-state index contributed by atoms with van der Waals surface area (Å²) in [7, 11) is -3.13. The standard InChI is InChI=1S/C20H19FN2O4S2/c21-15-5-3-14(4-6-15)20-22-16(12-28-20)10-19(24)23(11-18-2-1-8-27-18)17-7-9-29(25,26)13-17/h1-6,8,12,17H,7,9-11,13H2/t17-/m0/s1. The van der Waals surface area contributed by atoms with Gasteiger partial charge in [0.1, 0.15) is 16.6 Å². The SMILES string of the molecule is O=C(Cc1csc(-c2ccc(F)cc2)n1)N(Cc1ccco1)[C@H]1CCS(=O)(=O)C1. The van der Waals surface area contributed by atoms with Gasteiger partial charge >= 0.3 is 0 Å². The minimum Gasteiger partial charge on any atom is -0.467 e. The number of nitrogens with zero attached hydrogens (tertiary/aromatic N) is 2. The van der Waals surface area contributed by atoms with E-state index in [4.69, 9.17) is 4.42 Å². The fourth-order valence-electron chi connectivity index (χ4n) is 3.38. The van der Waals surface area contributed by atoms with Gasteiger partial charge < -0.3 is 9.32 Å². The molecule has 0 N–H and O–H groups in total. The monoisotopic (exact) mass is 434 g/mol. The number of hydrogen-bond acceptors (Lipinski definition) is 6. The topological polar surface area (TPSA) is 80.5 Å². The molecule has 1 amide bonds. The van der Waals surface area contributed by atoms with Crippen LogP contribution in [-0.2, 0) is 27.6 Å². The van der Waals surface area contributed by atoms with Crippen molar-refractivity contribution in [3.8, 4) is 10.6 Å². The minimum atomic E-state index is -3.13. The lowest BCUT2D eigenvalue weighted by atomic mass is 10.2. The Morgan fingerprint density at radius 2 is 2.07 bits per heavy atom. The van der Waals surface area contributed by atoms with Crippen LogP contribution in [0.3, 0.4) is 0 Å². The van der Waals surface area contributed by atoms with Crippen molar-refractivity contribution in [3.63, 3.8) is 0 Å². The average molecular weight is 435 g/mol. The third kappa shape index (κ3) is 4.73. The normalized spacial score (nSPS) is 18.0. The molecule has 9 heteroatoms. The number of amides is 1. The van der Waals surface area contributed by atoms with Gasteiger partial charge in [0, 0.05) is 17.0 Å². The van der Waals surface area contributed by atoms with Crippen LogP contribution >= 0.6 is 11.3 Å². The van der Waals surface area contributed by atoms with Crippen LogP contribution in [-0.4, -0.2) is 41.8 Å². The highest BCUT2D eigenvalue weighted by Crippen LogP contribution is 2.26. The third-order valence-corrected chi connectivity index (χ3v) is 7.54. The molecular formula is C20H19FN2O4S2. The van der Waals surface area contributed by atoms with Gasteiger partial charge in [-0.1, -0.05) is 0 Å². The molecule has 1 aliphatic heterocycles. The predicted molar refractivity (Wildman–Crippen MR) is 108 cm³/mol. The number of halogens is 1. The van der Waals surface area contributed by atoms with Crippen molar-refractivity contribution in [2.75, 3.05) is 11.5 Å². The van der Waals surface area contributed by atoms with Crippen LogP contribution in [0.15, 0.2) is 52.5 Å². The molecule has 1 fully saturated rings. The fourth-order valence-corrected chi connectivity index (χ4v) is 5.94. The molecule has 1 saturated heterocycles. The van der Waals surface area contributed by atoms with E-state index in [9.17, 15) is 17.6 Å². The number of rotatable bonds is 6. The molecule has 4 rings (SSSR count). The van der Waals surface area contributed by atoms with E-state index in [-0.39, 0.29) is 42.2 Å². The quantitative estimate of drug-likeness (QED) is 0.595. The van der Waals surface area contributed by atoms with Crippen LogP contribution in [0, 0.1) is 5.82 Å². The summed E-state index contributed by atoms with van der Waals surface area (Å²) in [5.74, 6) is 0.149. The van der Waals surface area contributed by atoms with Crippen molar-refractivity contribution >= 4 is 27.1 Å². The molecule has 3 aromatic rings. The second-order valence-electron chi connectivity index (χ2n) is 6.99. The van der Waals surface area contributed by atoms with Crippen LogP contribution in [0.25, 0.3) is 10.6 Å². The van der Waals surface area contributed by atoms with Crippen LogP contribution in [0.5, 0.6) is 0 Å². The van der Waals surface area contributed by atoms with Crippen LogP contribution in [0.4, 0.5) is 4.39 Å². The molecule has 1 atom stereocenters. The first-order valence-electron chi connectivity index (χ1n) is 9.12. The number of carbonyl (C=O) groups is 1. The molecule has 0 bridgehead atoms. The number of hydrogen-bond donors (Lipinski definition) is 0. The first kappa shape index (κ1) is 19.8. The van der Waals surface area contributed by atoms with Crippen LogP contribution < -0.4 is 0 Å². The van der Waals surface area contributed by atoms with Gasteiger partial charge in [0.05, 0.1) is 36.4 Å². The molecule has 1 aromatic carbocycles. The predicted octanol–water partition coefficient (Wildman–Crippen LogP) is 3.30. The number of aromatic nitrogens is 1. The summed E-state index contributed by atoms with van der Waals surface area (Å²) in [5.41, 5.74) is 1.38. The molecule has 2 aromatic heterocycles. The maximum Gasteiger partial charge on any atom is 0.229 e. The Hall–Kier alpha value is -2.52. The van der Waals surface area contributed by atoms with E-state index in [2.05, 4.69) is 4.98 Å². The molecule has 0 saturated carbocycles. The third-order valence-electron chi connectivity index (χ3n) is 4.85. The largest absolute Gasteiger partial charge is 0.467 e. The highest BCUT2D eigenvalue weighted by atomic mass is 32.2. The molecule has 29 heavy (non-hydrogen) atoms. The molecule has 0 radical (unpaired) electrons. The first-order chi connectivity index (χ1) is 13.9. The van der Waals surface area contributed by atoms with Crippen molar-refractivity contribution < 1.29 is 22.0 Å². The van der Waals surface area contributed by atoms with Crippen molar-refractivity contribution in [2.24, 2.45) is 0 Å². The number of furan rings is 1. The summed E-state index contributed by atoms with van der Waals surface area (Å²) in [4.78, 5) is 19.1. The summed E-state index contributed by atoms with van der Waals surface area (Å²) in [6, 6.07) is 9.16. The van der Waals surface area contributed by atoms with Gasteiger partial charge in [-0.05, 0) is 42.8 Å². The Morgan fingerprint density at radius 1 is 1.28 bits per heavy atom. The van der Waals surface area contributed by atoms with E-state index in [0.29, 0.717) is 22.9 Å². The lowest BCUT2D eigenvalue weighted by molar-refractivity contribution is -0.133. The number of carbonyl (C=O) groups excluding carboxylic acids is 1. The van der Waals surface area contributed by atoms with Gasteiger partial charge in [-0.3, -0.25) is 4.79 Å². The lowest BCUT2D eigenvalue weighted by Gasteiger charge is -2.27. The maximum atomic E-state index is 13.1. The van der Waals surface area contributed by atoms with Crippen molar-refractivity contribution in [1.82, 2.24) is 9.88 Å². The zero-order valence-corrected chi connectivity index (χ0v) is 17.1. The van der Waals surface area contributed by atoms with Crippen LogP contribution in [0.1, 0.15) is 17.9 Å². The Morgan fingerprint density at radius 3 is 2.72 bits per heavy atom. The van der Waals surface area contributed by atoms with E-state index in [1.807, 2.05) is 0 Å². The van der Waals surface area contributed by atoms with Crippen molar-refractivity contribution in [3.05, 3.63) is 65.3 Å². The summed E-state index contributed by atoms with van der Waals surface area (Å²) < 4.78 is 42.3. The second-order valence-corrected chi connectivity index (χ2v) is 10.1. The van der Waals surface area contributed by atoms with Gasteiger partial charge in [-0.25, -0.2) is 17.8 Å². The van der Waals surface area contributed by atoms with E-state index < -0.39 is 9.84 Å². The minimum absolute atomic E-state index is 0.0304. The van der Waals surface area contributed by atoms with E-state index >= 15 is 0 Å².